The third kappa shape index (κ3) is 2.01. The van der Waals surface area contributed by atoms with Crippen LogP contribution < -0.4 is 5.73 Å². The van der Waals surface area contributed by atoms with Gasteiger partial charge in [0.1, 0.15) is 0 Å². The Hall–Kier alpha value is -2.76. The van der Waals surface area contributed by atoms with Gasteiger partial charge in [-0.3, -0.25) is 4.98 Å². The maximum Gasteiger partial charge on any atom is 0.178 e. The molecule has 6 nitrogen and oxygen atoms in total. The molecule has 0 aliphatic rings. The summed E-state index contributed by atoms with van der Waals surface area (Å²) in [6, 6.07) is 5.64. The second kappa shape index (κ2) is 4.73. The van der Waals surface area contributed by atoms with Crippen molar-refractivity contribution in [2.75, 3.05) is 5.73 Å². The summed E-state index contributed by atoms with van der Waals surface area (Å²) in [6.45, 7) is 3.75. The molecule has 0 bridgehead atoms. The number of nitrogens with zero attached hydrogens (tertiary/aromatic N) is 4. The average molecular weight is 267 g/mol. The fourth-order valence-corrected chi connectivity index (χ4v) is 2.06. The molecule has 0 saturated heterocycles. The normalized spacial score (nSPS) is 10.7. The zero-order valence-corrected chi connectivity index (χ0v) is 11.2. The maximum absolute atomic E-state index is 5.94. The lowest BCUT2D eigenvalue weighted by molar-refractivity contribution is 0.435. The summed E-state index contributed by atoms with van der Waals surface area (Å²) in [7, 11) is 0. The molecule has 0 aliphatic carbocycles. The van der Waals surface area contributed by atoms with Crippen LogP contribution in [-0.4, -0.2) is 20.3 Å². The van der Waals surface area contributed by atoms with Crippen molar-refractivity contribution in [1.29, 1.82) is 0 Å². The number of pyridine rings is 1. The van der Waals surface area contributed by atoms with Gasteiger partial charge in [0.05, 0.1) is 17.0 Å². The first-order valence-electron chi connectivity index (χ1n) is 6.13. The van der Waals surface area contributed by atoms with E-state index >= 15 is 0 Å². The third-order valence-corrected chi connectivity index (χ3v) is 3.03. The summed E-state index contributed by atoms with van der Waals surface area (Å²) in [4.78, 5) is 4.00. The standard InChI is InChI=1S/C14H13N5O/c1-8-7-11(9(2)18-17-8)13-12(14(15)19-20-13)10-3-5-16-6-4-10/h3-7H,1-2H3,(H2,15,19). The van der Waals surface area contributed by atoms with E-state index in [4.69, 9.17) is 10.3 Å². The van der Waals surface area contributed by atoms with Gasteiger partial charge in [-0.15, -0.1) is 0 Å². The molecule has 2 N–H and O–H groups in total. The van der Waals surface area contributed by atoms with E-state index in [0.29, 0.717) is 11.6 Å². The Labute approximate surface area is 115 Å². The van der Waals surface area contributed by atoms with E-state index in [2.05, 4.69) is 20.3 Å². The van der Waals surface area contributed by atoms with Crippen molar-refractivity contribution < 1.29 is 4.52 Å². The molecule has 6 heteroatoms. The minimum absolute atomic E-state index is 0.347. The molecular formula is C14H13N5O. The molecule has 0 amide bonds. The van der Waals surface area contributed by atoms with Crippen LogP contribution >= 0.6 is 0 Å². The summed E-state index contributed by atoms with van der Waals surface area (Å²) in [6.07, 6.45) is 3.41. The first-order valence-corrected chi connectivity index (χ1v) is 6.13. The highest BCUT2D eigenvalue weighted by molar-refractivity contribution is 5.86. The molecule has 0 atom stereocenters. The third-order valence-electron chi connectivity index (χ3n) is 3.03. The van der Waals surface area contributed by atoms with Crippen molar-refractivity contribution in [1.82, 2.24) is 20.3 Å². The van der Waals surface area contributed by atoms with Crippen molar-refractivity contribution in [2.45, 2.75) is 13.8 Å². The molecule has 0 radical (unpaired) electrons. The van der Waals surface area contributed by atoms with Gasteiger partial charge in [-0.25, -0.2) is 0 Å². The van der Waals surface area contributed by atoms with E-state index in [0.717, 1.165) is 28.1 Å². The largest absolute Gasteiger partial charge is 0.380 e. The Morgan fingerprint density at radius 3 is 2.60 bits per heavy atom. The molecular weight excluding hydrogens is 254 g/mol. The Balaban J connectivity index is 2.24. The highest BCUT2D eigenvalue weighted by Crippen LogP contribution is 2.37. The van der Waals surface area contributed by atoms with Crippen molar-refractivity contribution >= 4 is 5.82 Å². The van der Waals surface area contributed by atoms with Gasteiger partial charge < -0.3 is 10.3 Å². The molecule has 3 aromatic heterocycles. The predicted molar refractivity (Wildman–Crippen MR) is 74.6 cm³/mol. The van der Waals surface area contributed by atoms with Gasteiger partial charge >= 0.3 is 0 Å². The quantitative estimate of drug-likeness (QED) is 0.766. The first-order chi connectivity index (χ1) is 9.66. The minimum atomic E-state index is 0.347. The second-order valence-corrected chi connectivity index (χ2v) is 4.49. The summed E-state index contributed by atoms with van der Waals surface area (Å²) < 4.78 is 5.41. The summed E-state index contributed by atoms with van der Waals surface area (Å²) >= 11 is 0. The van der Waals surface area contributed by atoms with E-state index in [9.17, 15) is 0 Å². The van der Waals surface area contributed by atoms with Gasteiger partial charge in [-0.1, -0.05) is 5.16 Å². The molecule has 100 valence electrons. The number of anilines is 1. The second-order valence-electron chi connectivity index (χ2n) is 4.49. The first kappa shape index (κ1) is 12.3. The zero-order chi connectivity index (χ0) is 14.1. The molecule has 3 aromatic rings. The van der Waals surface area contributed by atoms with Crippen LogP contribution in [0.4, 0.5) is 5.82 Å². The van der Waals surface area contributed by atoms with Crippen LogP contribution in [-0.2, 0) is 0 Å². The van der Waals surface area contributed by atoms with Crippen LogP contribution in [0.25, 0.3) is 22.5 Å². The van der Waals surface area contributed by atoms with Crippen molar-refractivity contribution in [3.63, 3.8) is 0 Å². The molecule has 0 saturated carbocycles. The van der Waals surface area contributed by atoms with Crippen molar-refractivity contribution in [3.05, 3.63) is 42.0 Å². The van der Waals surface area contributed by atoms with Gasteiger partial charge in [0.2, 0.25) is 0 Å². The van der Waals surface area contributed by atoms with Gasteiger partial charge in [-0.05, 0) is 37.6 Å². The molecule has 20 heavy (non-hydrogen) atoms. The number of nitrogens with two attached hydrogens (primary N) is 1. The number of nitrogen functional groups attached to an aromatic ring is 1. The molecule has 0 aromatic carbocycles. The van der Waals surface area contributed by atoms with Crippen molar-refractivity contribution in [2.24, 2.45) is 0 Å². The van der Waals surface area contributed by atoms with E-state index in [1.165, 1.54) is 0 Å². The maximum atomic E-state index is 5.94. The van der Waals surface area contributed by atoms with Gasteiger partial charge in [0.15, 0.2) is 11.6 Å². The Morgan fingerprint density at radius 1 is 1.10 bits per heavy atom. The number of rotatable bonds is 2. The smallest absolute Gasteiger partial charge is 0.178 e. The van der Waals surface area contributed by atoms with Crippen molar-refractivity contribution in [3.8, 4) is 22.5 Å². The Bertz CT molecular complexity index is 752. The topological polar surface area (TPSA) is 90.7 Å². The Morgan fingerprint density at radius 2 is 1.85 bits per heavy atom. The number of hydrogen-bond acceptors (Lipinski definition) is 6. The van der Waals surface area contributed by atoms with Crippen LogP contribution in [0.1, 0.15) is 11.4 Å². The van der Waals surface area contributed by atoms with Crippen LogP contribution in [0, 0.1) is 13.8 Å². The fraction of sp³-hybridized carbons (Fsp3) is 0.143. The SMILES string of the molecule is Cc1cc(-c2onc(N)c2-c2ccncc2)c(C)nn1. The Kier molecular flexibility index (Phi) is 2.90. The monoisotopic (exact) mass is 267 g/mol. The van der Waals surface area contributed by atoms with Gasteiger partial charge in [-0.2, -0.15) is 10.2 Å². The number of aryl methyl sites for hydroxylation is 2. The van der Waals surface area contributed by atoms with Gasteiger partial charge in [0.25, 0.3) is 0 Å². The lowest BCUT2D eigenvalue weighted by Gasteiger charge is -2.05. The van der Waals surface area contributed by atoms with E-state index in [-0.39, 0.29) is 0 Å². The number of hydrogen-bond donors (Lipinski definition) is 1. The average Bonchev–Trinajstić information content (AvgIpc) is 2.84. The lowest BCUT2D eigenvalue weighted by Crippen LogP contribution is -1.95. The molecule has 3 rings (SSSR count). The number of aromatic nitrogens is 4. The van der Waals surface area contributed by atoms with Crippen LogP contribution in [0.3, 0.4) is 0 Å². The molecule has 0 spiro atoms. The molecule has 3 heterocycles. The van der Waals surface area contributed by atoms with Crippen LogP contribution in [0.5, 0.6) is 0 Å². The predicted octanol–water partition coefficient (Wildman–Crippen LogP) is 2.39. The van der Waals surface area contributed by atoms with E-state index < -0.39 is 0 Å². The zero-order valence-electron chi connectivity index (χ0n) is 11.2. The van der Waals surface area contributed by atoms with E-state index in [1.54, 1.807) is 12.4 Å². The highest BCUT2D eigenvalue weighted by atomic mass is 16.5. The van der Waals surface area contributed by atoms with Gasteiger partial charge in [0, 0.05) is 18.0 Å². The van der Waals surface area contributed by atoms with Crippen LogP contribution in [0.15, 0.2) is 35.1 Å². The molecule has 0 unspecified atom stereocenters. The minimum Gasteiger partial charge on any atom is -0.380 e. The summed E-state index contributed by atoms with van der Waals surface area (Å²) in [5.41, 5.74) is 10.0. The van der Waals surface area contributed by atoms with E-state index in [1.807, 2.05) is 32.0 Å². The molecule has 0 fully saturated rings. The summed E-state index contributed by atoms with van der Waals surface area (Å²) in [5.74, 6) is 0.948. The summed E-state index contributed by atoms with van der Waals surface area (Å²) in [5, 5.41) is 12.0. The highest BCUT2D eigenvalue weighted by Gasteiger charge is 2.19. The lowest BCUT2D eigenvalue weighted by atomic mass is 10.0. The fourth-order valence-electron chi connectivity index (χ4n) is 2.06. The van der Waals surface area contributed by atoms with Crippen LogP contribution in [0.2, 0.25) is 0 Å². The molecule has 0 aliphatic heterocycles.